The average molecular weight is 355 g/mol. The Morgan fingerprint density at radius 2 is 1.85 bits per heavy atom. The largest absolute Gasteiger partial charge is 0.493 e. The van der Waals surface area contributed by atoms with Crippen LogP contribution in [0, 0.1) is 6.92 Å². The van der Waals surface area contributed by atoms with Gasteiger partial charge in [0.2, 0.25) is 0 Å². The van der Waals surface area contributed by atoms with Gasteiger partial charge in [-0.15, -0.1) is 0 Å². The van der Waals surface area contributed by atoms with Crippen molar-refractivity contribution in [1.82, 2.24) is 0 Å². The number of nitrogens with one attached hydrogen (secondary N) is 1. The first-order chi connectivity index (χ1) is 9.51. The Morgan fingerprint density at radius 3 is 2.45 bits per heavy atom. The molecule has 0 spiro atoms. The monoisotopic (exact) mass is 353 g/mol. The Hall–Kier alpha value is -1.19. The number of aryl methyl sites for hydroxylation is 1. The lowest BCUT2D eigenvalue weighted by Gasteiger charge is -2.19. The van der Waals surface area contributed by atoms with Gasteiger partial charge in [-0.25, -0.2) is 0 Å². The van der Waals surface area contributed by atoms with E-state index in [4.69, 9.17) is 16.3 Å². The molecule has 1 N–H and O–H groups in total. The molecule has 0 aliphatic heterocycles. The molecule has 1 atom stereocenters. The molecule has 0 heterocycles. The van der Waals surface area contributed by atoms with Crippen molar-refractivity contribution < 1.29 is 4.74 Å². The minimum Gasteiger partial charge on any atom is -0.493 e. The highest BCUT2D eigenvalue weighted by molar-refractivity contribution is 9.10. The van der Waals surface area contributed by atoms with E-state index in [9.17, 15) is 0 Å². The fourth-order valence-corrected chi connectivity index (χ4v) is 3.02. The van der Waals surface area contributed by atoms with E-state index < -0.39 is 0 Å². The van der Waals surface area contributed by atoms with Crippen LogP contribution in [0.2, 0.25) is 5.02 Å². The van der Waals surface area contributed by atoms with Crippen LogP contribution in [0.5, 0.6) is 5.75 Å². The lowest BCUT2D eigenvalue weighted by atomic mass is 10.1. The first kappa shape index (κ1) is 15.2. The summed E-state index contributed by atoms with van der Waals surface area (Å²) in [5.74, 6) is 0.758. The normalized spacial score (nSPS) is 12.1. The minimum atomic E-state index is 0.162. The molecular formula is C16H17BrClNO. The van der Waals surface area contributed by atoms with E-state index in [1.807, 2.05) is 12.1 Å². The number of rotatable bonds is 4. The number of benzene rings is 2. The second kappa shape index (κ2) is 6.51. The van der Waals surface area contributed by atoms with Gasteiger partial charge in [-0.05, 0) is 47.5 Å². The second-order valence-corrected chi connectivity index (χ2v) is 6.04. The molecule has 0 fully saturated rings. The zero-order valence-corrected chi connectivity index (χ0v) is 14.0. The van der Waals surface area contributed by atoms with Crippen LogP contribution in [0.4, 0.5) is 5.69 Å². The molecule has 0 aliphatic rings. The molecule has 0 radical (unpaired) electrons. The van der Waals surface area contributed by atoms with Gasteiger partial charge in [0.05, 0.1) is 17.3 Å². The predicted molar refractivity (Wildman–Crippen MR) is 88.9 cm³/mol. The Kier molecular flexibility index (Phi) is 4.95. The van der Waals surface area contributed by atoms with Crippen LogP contribution in [-0.2, 0) is 0 Å². The molecule has 0 saturated carbocycles. The Bertz CT molecular complexity index is 598. The zero-order valence-electron chi connectivity index (χ0n) is 11.7. The summed E-state index contributed by atoms with van der Waals surface area (Å²) in [7, 11) is 1.65. The quantitative estimate of drug-likeness (QED) is 0.772. The summed E-state index contributed by atoms with van der Waals surface area (Å²) in [6, 6.07) is 12.3. The molecule has 4 heteroatoms. The lowest BCUT2D eigenvalue weighted by Crippen LogP contribution is -2.08. The third kappa shape index (κ3) is 3.47. The van der Waals surface area contributed by atoms with E-state index >= 15 is 0 Å². The third-order valence-corrected chi connectivity index (χ3v) is 3.97. The van der Waals surface area contributed by atoms with Gasteiger partial charge < -0.3 is 10.1 Å². The van der Waals surface area contributed by atoms with E-state index in [0.717, 1.165) is 15.9 Å². The highest BCUT2D eigenvalue weighted by Gasteiger charge is 2.12. The molecule has 1 unspecified atom stereocenters. The van der Waals surface area contributed by atoms with Crippen molar-refractivity contribution in [2.24, 2.45) is 0 Å². The molecular weight excluding hydrogens is 338 g/mol. The van der Waals surface area contributed by atoms with Crippen LogP contribution in [0.1, 0.15) is 24.1 Å². The molecule has 0 aliphatic carbocycles. The molecule has 2 aromatic rings. The zero-order chi connectivity index (χ0) is 14.7. The van der Waals surface area contributed by atoms with Gasteiger partial charge in [0, 0.05) is 11.1 Å². The van der Waals surface area contributed by atoms with Gasteiger partial charge in [0.1, 0.15) is 0 Å². The number of ether oxygens (including phenoxy) is 1. The molecule has 0 amide bonds. The third-order valence-electron chi connectivity index (χ3n) is 3.16. The molecule has 2 nitrogen and oxygen atoms in total. The first-order valence-corrected chi connectivity index (χ1v) is 7.54. The molecule has 20 heavy (non-hydrogen) atoms. The summed E-state index contributed by atoms with van der Waals surface area (Å²) in [6.45, 7) is 4.19. The van der Waals surface area contributed by atoms with Crippen LogP contribution in [0.3, 0.4) is 0 Å². The number of hydrogen-bond acceptors (Lipinski definition) is 2. The van der Waals surface area contributed by atoms with Gasteiger partial charge in [-0.3, -0.25) is 0 Å². The van der Waals surface area contributed by atoms with Gasteiger partial charge >= 0.3 is 0 Å². The highest BCUT2D eigenvalue weighted by Crippen LogP contribution is 2.37. The molecule has 0 bridgehead atoms. The van der Waals surface area contributed by atoms with E-state index in [1.54, 1.807) is 7.11 Å². The van der Waals surface area contributed by atoms with E-state index in [1.165, 1.54) is 11.1 Å². The van der Waals surface area contributed by atoms with Crippen molar-refractivity contribution in [2.45, 2.75) is 19.9 Å². The second-order valence-electron chi connectivity index (χ2n) is 4.75. The number of halogens is 2. The van der Waals surface area contributed by atoms with E-state index in [-0.39, 0.29) is 6.04 Å². The van der Waals surface area contributed by atoms with Crippen molar-refractivity contribution in [1.29, 1.82) is 0 Å². The fraction of sp³-hybridized carbons (Fsp3) is 0.250. The van der Waals surface area contributed by atoms with Crippen molar-refractivity contribution in [2.75, 3.05) is 12.4 Å². The smallest absolute Gasteiger partial charge is 0.156 e. The number of anilines is 1. The van der Waals surface area contributed by atoms with Crippen LogP contribution < -0.4 is 10.1 Å². The lowest BCUT2D eigenvalue weighted by molar-refractivity contribution is 0.413. The summed E-state index contributed by atoms with van der Waals surface area (Å²) in [5.41, 5.74) is 3.35. The number of methoxy groups -OCH3 is 1. The Labute approximate surface area is 133 Å². The first-order valence-electron chi connectivity index (χ1n) is 6.37. The fourth-order valence-electron chi connectivity index (χ4n) is 2.05. The predicted octanol–water partition coefficient (Wildman–Crippen LogP) is 5.59. The summed E-state index contributed by atoms with van der Waals surface area (Å²) in [6.07, 6.45) is 0. The maximum atomic E-state index is 6.10. The van der Waals surface area contributed by atoms with Crippen LogP contribution in [-0.4, -0.2) is 7.11 Å². The van der Waals surface area contributed by atoms with Crippen LogP contribution in [0.15, 0.2) is 40.9 Å². The van der Waals surface area contributed by atoms with Crippen LogP contribution in [0.25, 0.3) is 0 Å². The van der Waals surface area contributed by atoms with Gasteiger partial charge in [0.15, 0.2) is 5.75 Å². The van der Waals surface area contributed by atoms with Crippen molar-refractivity contribution in [3.05, 3.63) is 57.0 Å². The highest BCUT2D eigenvalue weighted by atomic mass is 79.9. The molecule has 106 valence electrons. The summed E-state index contributed by atoms with van der Waals surface area (Å²) in [5, 5.41) is 4.10. The SMILES string of the molecule is COc1c(Br)cc(Cl)cc1NC(C)c1ccc(C)cc1. The van der Waals surface area contributed by atoms with Gasteiger partial charge in [-0.1, -0.05) is 41.4 Å². The molecule has 2 aromatic carbocycles. The summed E-state index contributed by atoms with van der Waals surface area (Å²) in [4.78, 5) is 0. The Balaban J connectivity index is 2.27. The number of hydrogen-bond donors (Lipinski definition) is 1. The Morgan fingerprint density at radius 1 is 1.20 bits per heavy atom. The minimum absolute atomic E-state index is 0.162. The maximum Gasteiger partial charge on any atom is 0.156 e. The van der Waals surface area contributed by atoms with Gasteiger partial charge in [0.25, 0.3) is 0 Å². The van der Waals surface area contributed by atoms with Crippen LogP contribution >= 0.6 is 27.5 Å². The standard InChI is InChI=1S/C16H17BrClNO/c1-10-4-6-12(7-5-10)11(2)19-15-9-13(18)8-14(17)16(15)20-3/h4-9,11,19H,1-3H3. The van der Waals surface area contributed by atoms with E-state index in [2.05, 4.69) is 59.4 Å². The topological polar surface area (TPSA) is 21.3 Å². The van der Waals surface area contributed by atoms with Crippen molar-refractivity contribution in [3.8, 4) is 5.75 Å². The summed E-state index contributed by atoms with van der Waals surface area (Å²) >= 11 is 9.57. The molecule has 0 saturated heterocycles. The van der Waals surface area contributed by atoms with Crippen molar-refractivity contribution in [3.63, 3.8) is 0 Å². The summed E-state index contributed by atoms with van der Waals surface area (Å²) < 4.78 is 6.26. The average Bonchev–Trinajstić information content (AvgIpc) is 2.39. The molecule has 0 aromatic heterocycles. The molecule has 2 rings (SSSR count). The van der Waals surface area contributed by atoms with Crippen molar-refractivity contribution >= 4 is 33.2 Å². The maximum absolute atomic E-state index is 6.10. The van der Waals surface area contributed by atoms with E-state index in [0.29, 0.717) is 5.02 Å². The van der Waals surface area contributed by atoms with Gasteiger partial charge in [-0.2, -0.15) is 0 Å².